The molecule has 0 saturated heterocycles. The smallest absolute Gasteiger partial charge is 0.408 e. The van der Waals surface area contributed by atoms with Crippen molar-refractivity contribution >= 4 is 23.6 Å². The number of ether oxygens (including phenoxy) is 1. The predicted molar refractivity (Wildman–Crippen MR) is 136 cm³/mol. The molecule has 0 radical (unpaired) electrons. The Kier molecular flexibility index (Phi) is 9.05. The lowest BCUT2D eigenvalue weighted by Crippen LogP contribution is -2.51. The van der Waals surface area contributed by atoms with Gasteiger partial charge < -0.3 is 25.4 Å². The first kappa shape index (κ1) is 27.4. The summed E-state index contributed by atoms with van der Waals surface area (Å²) in [5.41, 5.74) is 1.85. The van der Waals surface area contributed by atoms with Gasteiger partial charge in [-0.15, -0.1) is 6.58 Å². The summed E-state index contributed by atoms with van der Waals surface area (Å²) in [5.74, 6) is -1.19. The number of hydrogen-bond donors (Lipinski definition) is 3. The number of nitrogens with zero attached hydrogens (tertiary/aromatic N) is 1. The number of benzene rings is 2. The van der Waals surface area contributed by atoms with Crippen LogP contribution in [0.3, 0.4) is 0 Å². The number of carbonyl (C=O) groups is 3. The first-order valence-electron chi connectivity index (χ1n) is 11.4. The quantitative estimate of drug-likeness (QED) is 0.477. The largest absolute Gasteiger partial charge is 0.508 e. The van der Waals surface area contributed by atoms with E-state index in [9.17, 15) is 19.5 Å². The van der Waals surface area contributed by atoms with Crippen LogP contribution in [-0.2, 0) is 14.3 Å². The molecule has 0 aliphatic carbocycles. The lowest BCUT2D eigenvalue weighted by Gasteiger charge is -2.33. The average molecular weight is 482 g/mol. The average Bonchev–Trinajstić information content (AvgIpc) is 2.75. The van der Waals surface area contributed by atoms with Crippen LogP contribution in [0.15, 0.2) is 55.1 Å². The monoisotopic (exact) mass is 481 g/mol. The molecule has 8 nitrogen and oxygen atoms in total. The third-order valence-corrected chi connectivity index (χ3v) is 5.23. The molecule has 0 bridgehead atoms. The minimum absolute atomic E-state index is 0.00164. The van der Waals surface area contributed by atoms with Crippen molar-refractivity contribution in [3.8, 4) is 5.75 Å². The Bertz CT molecular complexity index is 1070. The number of nitrogens with one attached hydrogen (secondary N) is 2. The van der Waals surface area contributed by atoms with Gasteiger partial charge in [0.15, 0.2) is 0 Å². The molecular formula is C27H35N3O5. The number of alkyl carbamates (subject to hydrolysis) is 1. The van der Waals surface area contributed by atoms with Crippen LogP contribution < -0.4 is 10.6 Å². The van der Waals surface area contributed by atoms with Gasteiger partial charge in [-0.1, -0.05) is 42.5 Å². The van der Waals surface area contributed by atoms with Crippen molar-refractivity contribution in [1.29, 1.82) is 0 Å². The molecule has 3 amide bonds. The van der Waals surface area contributed by atoms with Gasteiger partial charge in [-0.3, -0.25) is 9.59 Å². The number of aromatic hydroxyl groups is 1. The molecule has 0 heterocycles. The molecule has 2 unspecified atom stereocenters. The van der Waals surface area contributed by atoms with Crippen molar-refractivity contribution in [3.63, 3.8) is 0 Å². The Labute approximate surface area is 207 Å². The van der Waals surface area contributed by atoms with Crippen LogP contribution in [0.2, 0.25) is 0 Å². The van der Waals surface area contributed by atoms with Crippen LogP contribution in [0.1, 0.15) is 50.4 Å². The topological polar surface area (TPSA) is 108 Å². The summed E-state index contributed by atoms with van der Waals surface area (Å²) in [7, 11) is 0. The molecule has 0 saturated carbocycles. The van der Waals surface area contributed by atoms with E-state index in [1.54, 1.807) is 39.0 Å². The third-order valence-electron chi connectivity index (χ3n) is 5.23. The Hall–Kier alpha value is -3.81. The predicted octanol–water partition coefficient (Wildman–Crippen LogP) is 4.62. The molecule has 2 rings (SSSR count). The second kappa shape index (κ2) is 11.6. The third kappa shape index (κ3) is 7.34. The molecule has 0 spiro atoms. The molecule has 3 N–H and O–H groups in total. The van der Waals surface area contributed by atoms with Gasteiger partial charge in [-0.05, 0) is 58.7 Å². The van der Waals surface area contributed by atoms with Crippen LogP contribution in [0, 0.1) is 13.8 Å². The molecule has 0 aliphatic rings. The minimum Gasteiger partial charge on any atom is -0.508 e. The number of aryl methyl sites for hydroxylation is 2. The highest BCUT2D eigenvalue weighted by Gasteiger charge is 2.35. The molecule has 0 aliphatic heterocycles. The fourth-order valence-corrected chi connectivity index (χ4v) is 3.63. The lowest BCUT2D eigenvalue weighted by molar-refractivity contribution is -0.139. The summed E-state index contributed by atoms with van der Waals surface area (Å²) in [6, 6.07) is 9.77. The molecule has 2 aromatic carbocycles. The van der Waals surface area contributed by atoms with E-state index in [4.69, 9.17) is 4.74 Å². The summed E-state index contributed by atoms with van der Waals surface area (Å²) in [6.07, 6.45) is 0.730. The van der Waals surface area contributed by atoms with Crippen LogP contribution >= 0.6 is 0 Å². The fourth-order valence-electron chi connectivity index (χ4n) is 3.63. The summed E-state index contributed by atoms with van der Waals surface area (Å²) < 4.78 is 5.26. The zero-order valence-electron chi connectivity index (χ0n) is 21.2. The Morgan fingerprint density at radius 2 is 1.69 bits per heavy atom. The molecule has 2 aromatic rings. The molecule has 8 heteroatoms. The molecule has 0 fully saturated rings. The van der Waals surface area contributed by atoms with Crippen molar-refractivity contribution in [2.75, 3.05) is 11.9 Å². The highest BCUT2D eigenvalue weighted by Crippen LogP contribution is 2.31. The van der Waals surface area contributed by atoms with E-state index in [0.717, 1.165) is 11.1 Å². The SMILES string of the molecule is C=CCN(C(=O)C(C)NC(=O)OC(C)(C)C)C(C(=O)Nc1c(C)cccc1C)c1ccccc1O. The molecule has 0 aromatic heterocycles. The van der Waals surface area contributed by atoms with Crippen LogP contribution in [0.25, 0.3) is 0 Å². The number of amides is 3. The van der Waals surface area contributed by atoms with E-state index in [1.807, 2.05) is 32.0 Å². The minimum atomic E-state index is -1.19. The number of anilines is 1. The van der Waals surface area contributed by atoms with Gasteiger partial charge in [0.2, 0.25) is 5.91 Å². The molecule has 35 heavy (non-hydrogen) atoms. The highest BCUT2D eigenvalue weighted by molar-refractivity contribution is 6.00. The lowest BCUT2D eigenvalue weighted by atomic mass is 10.0. The van der Waals surface area contributed by atoms with E-state index in [1.165, 1.54) is 24.0 Å². The second-order valence-corrected chi connectivity index (χ2v) is 9.36. The van der Waals surface area contributed by atoms with Crippen molar-refractivity contribution < 1.29 is 24.2 Å². The van der Waals surface area contributed by atoms with Gasteiger partial charge in [-0.25, -0.2) is 4.79 Å². The normalized spacial score (nSPS) is 12.7. The molecule has 188 valence electrons. The fraction of sp³-hybridized carbons (Fsp3) is 0.370. The van der Waals surface area contributed by atoms with Crippen LogP contribution in [-0.4, -0.2) is 46.1 Å². The number of hydrogen-bond acceptors (Lipinski definition) is 5. The van der Waals surface area contributed by atoms with E-state index in [-0.39, 0.29) is 17.9 Å². The highest BCUT2D eigenvalue weighted by atomic mass is 16.6. The summed E-state index contributed by atoms with van der Waals surface area (Å²) in [4.78, 5) is 40.7. The molecular weight excluding hydrogens is 446 g/mol. The van der Waals surface area contributed by atoms with E-state index in [0.29, 0.717) is 5.69 Å². The standard InChI is InChI=1S/C27H35N3O5/c1-8-16-30(25(33)19(4)28-26(34)35-27(5,6)7)23(20-14-9-10-15-21(20)31)24(32)29-22-17(2)12-11-13-18(22)3/h8-15,19,23,31H,1,16H2,2-7H3,(H,28,34)(H,29,32). The zero-order valence-corrected chi connectivity index (χ0v) is 21.2. The van der Waals surface area contributed by atoms with Gasteiger partial charge >= 0.3 is 6.09 Å². The van der Waals surface area contributed by atoms with Crippen molar-refractivity contribution in [1.82, 2.24) is 10.2 Å². The van der Waals surface area contributed by atoms with E-state index in [2.05, 4.69) is 17.2 Å². The summed E-state index contributed by atoms with van der Waals surface area (Å²) in [5, 5.41) is 16.0. The number of rotatable bonds is 8. The van der Waals surface area contributed by atoms with Gasteiger partial charge in [0.1, 0.15) is 23.4 Å². The van der Waals surface area contributed by atoms with E-state index >= 15 is 0 Å². The van der Waals surface area contributed by atoms with Gasteiger partial charge in [0.25, 0.3) is 5.91 Å². The Morgan fingerprint density at radius 3 is 2.23 bits per heavy atom. The molecule has 2 atom stereocenters. The zero-order chi connectivity index (χ0) is 26.3. The second-order valence-electron chi connectivity index (χ2n) is 9.36. The maximum absolute atomic E-state index is 13.7. The van der Waals surface area contributed by atoms with Gasteiger partial charge in [0, 0.05) is 17.8 Å². The Balaban J connectivity index is 2.46. The van der Waals surface area contributed by atoms with Crippen molar-refractivity contribution in [2.45, 2.75) is 59.2 Å². The summed E-state index contributed by atoms with van der Waals surface area (Å²) >= 11 is 0. The van der Waals surface area contributed by atoms with Crippen molar-refractivity contribution in [2.24, 2.45) is 0 Å². The van der Waals surface area contributed by atoms with Crippen LogP contribution in [0.4, 0.5) is 10.5 Å². The number of para-hydroxylation sites is 2. The first-order valence-corrected chi connectivity index (χ1v) is 11.4. The maximum atomic E-state index is 13.7. The number of phenols is 1. The first-order chi connectivity index (χ1) is 16.4. The maximum Gasteiger partial charge on any atom is 0.408 e. The Morgan fingerprint density at radius 1 is 1.09 bits per heavy atom. The van der Waals surface area contributed by atoms with Crippen molar-refractivity contribution in [3.05, 3.63) is 71.8 Å². The summed E-state index contributed by atoms with van der Waals surface area (Å²) in [6.45, 7) is 14.1. The van der Waals surface area contributed by atoms with Crippen LogP contribution in [0.5, 0.6) is 5.75 Å². The van der Waals surface area contributed by atoms with E-state index < -0.39 is 35.6 Å². The van der Waals surface area contributed by atoms with Gasteiger partial charge in [0.05, 0.1) is 0 Å². The van der Waals surface area contributed by atoms with Gasteiger partial charge in [-0.2, -0.15) is 0 Å². The number of carbonyl (C=O) groups excluding carboxylic acids is 3. The number of phenolic OH excluding ortho intramolecular Hbond substituents is 1.